The van der Waals surface area contributed by atoms with E-state index in [2.05, 4.69) is 15.3 Å². The van der Waals surface area contributed by atoms with Crippen LogP contribution in [0.5, 0.6) is 0 Å². The standard InChI is InChI=1S/C9H16N4/c10-5-2-1-3-6-11-9-12-7-4-8-13-9/h4,7-8H,1-3,5-6,10H2,(H,11,12,13). The van der Waals surface area contributed by atoms with Gasteiger partial charge >= 0.3 is 0 Å². The minimum absolute atomic E-state index is 0.704. The van der Waals surface area contributed by atoms with Gasteiger partial charge in [-0.2, -0.15) is 0 Å². The fourth-order valence-corrected chi connectivity index (χ4v) is 1.04. The van der Waals surface area contributed by atoms with E-state index in [-0.39, 0.29) is 0 Å². The Morgan fingerprint density at radius 1 is 1.15 bits per heavy atom. The molecule has 0 bridgehead atoms. The highest BCUT2D eigenvalue weighted by Crippen LogP contribution is 1.97. The van der Waals surface area contributed by atoms with E-state index in [0.717, 1.165) is 32.4 Å². The van der Waals surface area contributed by atoms with Gasteiger partial charge in [-0.25, -0.2) is 9.97 Å². The van der Waals surface area contributed by atoms with Crippen LogP contribution in [0.3, 0.4) is 0 Å². The largest absolute Gasteiger partial charge is 0.354 e. The first-order valence-electron chi connectivity index (χ1n) is 4.64. The summed E-state index contributed by atoms with van der Waals surface area (Å²) in [5.74, 6) is 0.704. The summed E-state index contributed by atoms with van der Waals surface area (Å²) in [6, 6.07) is 1.81. The third-order valence-electron chi connectivity index (χ3n) is 1.73. The Bertz CT molecular complexity index is 212. The van der Waals surface area contributed by atoms with Crippen LogP contribution >= 0.6 is 0 Å². The topological polar surface area (TPSA) is 63.8 Å². The molecule has 1 heterocycles. The quantitative estimate of drug-likeness (QED) is 0.641. The van der Waals surface area contributed by atoms with Crippen LogP contribution in [0.1, 0.15) is 19.3 Å². The van der Waals surface area contributed by atoms with E-state index in [1.165, 1.54) is 0 Å². The van der Waals surface area contributed by atoms with Crippen molar-refractivity contribution in [1.29, 1.82) is 0 Å². The molecule has 0 aliphatic rings. The predicted molar refractivity (Wildman–Crippen MR) is 53.4 cm³/mol. The molecule has 0 saturated carbocycles. The number of nitrogens with one attached hydrogen (secondary N) is 1. The Hall–Kier alpha value is -1.16. The van der Waals surface area contributed by atoms with Gasteiger partial charge in [-0.15, -0.1) is 0 Å². The Labute approximate surface area is 78.6 Å². The van der Waals surface area contributed by atoms with Crippen LogP contribution in [0.25, 0.3) is 0 Å². The fraction of sp³-hybridized carbons (Fsp3) is 0.556. The van der Waals surface area contributed by atoms with E-state index in [1.807, 2.05) is 0 Å². The van der Waals surface area contributed by atoms with Crippen molar-refractivity contribution >= 4 is 5.95 Å². The molecule has 1 aromatic heterocycles. The molecule has 0 radical (unpaired) electrons. The fourth-order valence-electron chi connectivity index (χ4n) is 1.04. The monoisotopic (exact) mass is 180 g/mol. The van der Waals surface area contributed by atoms with E-state index >= 15 is 0 Å². The van der Waals surface area contributed by atoms with Crippen molar-refractivity contribution < 1.29 is 0 Å². The third-order valence-corrected chi connectivity index (χ3v) is 1.73. The Kier molecular flexibility index (Phi) is 4.86. The molecule has 0 aromatic carbocycles. The molecule has 0 spiro atoms. The summed E-state index contributed by atoms with van der Waals surface area (Å²) in [7, 11) is 0. The molecule has 3 N–H and O–H groups in total. The summed E-state index contributed by atoms with van der Waals surface area (Å²) in [5, 5.41) is 3.14. The minimum atomic E-state index is 0.704. The highest BCUT2D eigenvalue weighted by Gasteiger charge is 1.91. The van der Waals surface area contributed by atoms with Crippen LogP contribution in [0, 0.1) is 0 Å². The molecule has 72 valence electrons. The lowest BCUT2D eigenvalue weighted by atomic mass is 10.2. The van der Waals surface area contributed by atoms with Crippen LogP contribution in [-0.4, -0.2) is 23.1 Å². The van der Waals surface area contributed by atoms with Crippen molar-refractivity contribution in [3.63, 3.8) is 0 Å². The number of aromatic nitrogens is 2. The van der Waals surface area contributed by atoms with E-state index in [1.54, 1.807) is 18.5 Å². The average molecular weight is 180 g/mol. The number of anilines is 1. The van der Waals surface area contributed by atoms with Crippen molar-refractivity contribution in [1.82, 2.24) is 9.97 Å². The first kappa shape index (κ1) is 9.92. The highest BCUT2D eigenvalue weighted by atomic mass is 15.1. The molecule has 0 aliphatic carbocycles. The molecule has 0 aliphatic heterocycles. The van der Waals surface area contributed by atoms with Gasteiger partial charge in [0.1, 0.15) is 0 Å². The van der Waals surface area contributed by atoms with Crippen molar-refractivity contribution in [2.45, 2.75) is 19.3 Å². The maximum absolute atomic E-state index is 5.38. The zero-order chi connectivity index (χ0) is 9.36. The first-order chi connectivity index (χ1) is 6.43. The summed E-state index contributed by atoms with van der Waals surface area (Å²) >= 11 is 0. The normalized spacial score (nSPS) is 9.92. The van der Waals surface area contributed by atoms with E-state index in [9.17, 15) is 0 Å². The average Bonchev–Trinajstić information content (AvgIpc) is 2.19. The maximum Gasteiger partial charge on any atom is 0.222 e. The lowest BCUT2D eigenvalue weighted by Crippen LogP contribution is -2.06. The van der Waals surface area contributed by atoms with Gasteiger partial charge in [0.05, 0.1) is 0 Å². The molecule has 0 saturated heterocycles. The summed E-state index contributed by atoms with van der Waals surface area (Å²) < 4.78 is 0. The second-order valence-corrected chi connectivity index (χ2v) is 2.85. The lowest BCUT2D eigenvalue weighted by molar-refractivity contribution is 0.705. The molecule has 0 amide bonds. The lowest BCUT2D eigenvalue weighted by Gasteiger charge is -2.02. The molecule has 1 aromatic rings. The Morgan fingerprint density at radius 2 is 1.92 bits per heavy atom. The molecule has 0 atom stereocenters. The zero-order valence-electron chi connectivity index (χ0n) is 7.74. The molecule has 0 unspecified atom stereocenters. The van der Waals surface area contributed by atoms with Crippen LogP contribution in [-0.2, 0) is 0 Å². The highest BCUT2D eigenvalue weighted by molar-refractivity contribution is 5.21. The number of nitrogens with zero attached hydrogens (tertiary/aromatic N) is 2. The van der Waals surface area contributed by atoms with Crippen LogP contribution in [0.15, 0.2) is 18.5 Å². The van der Waals surface area contributed by atoms with Gasteiger partial charge < -0.3 is 11.1 Å². The first-order valence-corrected chi connectivity index (χ1v) is 4.64. The minimum Gasteiger partial charge on any atom is -0.354 e. The molecule has 0 fully saturated rings. The molecule has 4 heteroatoms. The van der Waals surface area contributed by atoms with Crippen molar-refractivity contribution in [3.05, 3.63) is 18.5 Å². The predicted octanol–water partition coefficient (Wildman–Crippen LogP) is 1.02. The summed E-state index contributed by atoms with van der Waals surface area (Å²) in [6.45, 7) is 1.70. The molecule has 4 nitrogen and oxygen atoms in total. The van der Waals surface area contributed by atoms with Gasteiger partial charge in [-0.05, 0) is 25.5 Å². The van der Waals surface area contributed by atoms with Crippen LogP contribution in [0.2, 0.25) is 0 Å². The summed E-state index contributed by atoms with van der Waals surface area (Å²) in [6.07, 6.45) is 6.84. The molecule has 13 heavy (non-hydrogen) atoms. The summed E-state index contributed by atoms with van der Waals surface area (Å²) in [4.78, 5) is 8.10. The molecule has 1 rings (SSSR count). The SMILES string of the molecule is NCCCCCNc1ncccn1. The Morgan fingerprint density at radius 3 is 2.62 bits per heavy atom. The van der Waals surface area contributed by atoms with E-state index in [4.69, 9.17) is 5.73 Å². The number of hydrogen-bond donors (Lipinski definition) is 2. The smallest absolute Gasteiger partial charge is 0.222 e. The van der Waals surface area contributed by atoms with Gasteiger partial charge in [0, 0.05) is 18.9 Å². The van der Waals surface area contributed by atoms with Crippen LogP contribution in [0.4, 0.5) is 5.95 Å². The second kappa shape index (κ2) is 6.37. The summed E-state index contributed by atoms with van der Waals surface area (Å²) in [5.41, 5.74) is 5.38. The van der Waals surface area contributed by atoms with Gasteiger partial charge in [0.25, 0.3) is 0 Å². The van der Waals surface area contributed by atoms with Gasteiger partial charge in [-0.3, -0.25) is 0 Å². The zero-order valence-corrected chi connectivity index (χ0v) is 7.74. The molecular formula is C9H16N4. The third kappa shape index (κ3) is 4.42. The van der Waals surface area contributed by atoms with Gasteiger partial charge in [0.15, 0.2) is 0 Å². The maximum atomic E-state index is 5.38. The number of rotatable bonds is 6. The number of nitrogens with two attached hydrogens (primary N) is 1. The van der Waals surface area contributed by atoms with Crippen molar-refractivity contribution in [2.24, 2.45) is 5.73 Å². The van der Waals surface area contributed by atoms with Crippen molar-refractivity contribution in [2.75, 3.05) is 18.4 Å². The molecular weight excluding hydrogens is 164 g/mol. The van der Waals surface area contributed by atoms with Gasteiger partial charge in [0.2, 0.25) is 5.95 Å². The van der Waals surface area contributed by atoms with Gasteiger partial charge in [-0.1, -0.05) is 6.42 Å². The second-order valence-electron chi connectivity index (χ2n) is 2.85. The number of unbranched alkanes of at least 4 members (excludes halogenated alkanes) is 2. The number of hydrogen-bond acceptors (Lipinski definition) is 4. The van der Waals surface area contributed by atoms with Crippen molar-refractivity contribution in [3.8, 4) is 0 Å². The van der Waals surface area contributed by atoms with E-state index in [0.29, 0.717) is 5.95 Å². The Balaban J connectivity index is 2.07. The van der Waals surface area contributed by atoms with Crippen LogP contribution < -0.4 is 11.1 Å². The van der Waals surface area contributed by atoms with E-state index < -0.39 is 0 Å².